The molecule has 0 atom stereocenters. The number of ether oxygens (including phenoxy) is 2. The summed E-state index contributed by atoms with van der Waals surface area (Å²) in [6.45, 7) is 2.53. The van der Waals surface area contributed by atoms with Crippen LogP contribution in [0.5, 0.6) is 11.5 Å². The molecule has 0 radical (unpaired) electrons. The van der Waals surface area contributed by atoms with Crippen molar-refractivity contribution in [3.63, 3.8) is 0 Å². The molecule has 0 bridgehead atoms. The highest BCUT2D eigenvalue weighted by Crippen LogP contribution is 2.22. The number of benzene rings is 2. The molecule has 0 saturated heterocycles. The van der Waals surface area contributed by atoms with Gasteiger partial charge in [0.05, 0.1) is 7.11 Å². The average molecular weight is 263 g/mol. The van der Waals surface area contributed by atoms with Crippen molar-refractivity contribution in [1.29, 1.82) is 0 Å². The molecule has 0 unspecified atom stereocenters. The van der Waals surface area contributed by atoms with Crippen molar-refractivity contribution in [1.82, 2.24) is 0 Å². The number of aryl methyl sites for hydroxylation is 1. The van der Waals surface area contributed by atoms with Gasteiger partial charge in [0.1, 0.15) is 18.1 Å². The van der Waals surface area contributed by atoms with Gasteiger partial charge in [0, 0.05) is 10.6 Å². The molecule has 0 aromatic heterocycles. The standard InChI is InChI=1S/C15H15ClO2/c1-11-3-8-15(17-2)12(9-11)10-18-14-6-4-13(16)5-7-14/h3-9H,10H2,1-2H3. The lowest BCUT2D eigenvalue weighted by atomic mass is 10.1. The minimum atomic E-state index is 0.479. The number of hydrogen-bond acceptors (Lipinski definition) is 2. The highest BCUT2D eigenvalue weighted by atomic mass is 35.5. The van der Waals surface area contributed by atoms with Crippen LogP contribution in [0.15, 0.2) is 42.5 Å². The predicted octanol–water partition coefficient (Wildman–Crippen LogP) is 4.24. The number of halogens is 1. The molecule has 2 aromatic rings. The summed E-state index contributed by atoms with van der Waals surface area (Å²) in [6.07, 6.45) is 0. The van der Waals surface area contributed by atoms with E-state index in [1.165, 1.54) is 5.56 Å². The molecule has 2 rings (SSSR count). The van der Waals surface area contributed by atoms with E-state index in [1.54, 1.807) is 7.11 Å². The molecule has 0 fully saturated rings. The van der Waals surface area contributed by atoms with Crippen LogP contribution in [0, 0.1) is 6.92 Å². The van der Waals surface area contributed by atoms with Crippen LogP contribution in [-0.4, -0.2) is 7.11 Å². The second kappa shape index (κ2) is 5.78. The molecule has 0 saturated carbocycles. The Kier molecular flexibility index (Phi) is 4.11. The molecule has 2 aromatic carbocycles. The summed E-state index contributed by atoms with van der Waals surface area (Å²) in [4.78, 5) is 0. The third-order valence-corrected chi connectivity index (χ3v) is 2.90. The molecule has 2 nitrogen and oxygen atoms in total. The molecular weight excluding hydrogens is 248 g/mol. The summed E-state index contributed by atoms with van der Waals surface area (Å²) in [5.41, 5.74) is 2.22. The summed E-state index contributed by atoms with van der Waals surface area (Å²) in [5.74, 6) is 1.64. The molecule has 94 valence electrons. The van der Waals surface area contributed by atoms with Gasteiger partial charge < -0.3 is 9.47 Å². The maximum absolute atomic E-state index is 5.82. The first-order chi connectivity index (χ1) is 8.69. The Hall–Kier alpha value is -1.67. The summed E-state index contributed by atoms with van der Waals surface area (Å²) < 4.78 is 11.0. The minimum Gasteiger partial charge on any atom is -0.496 e. The van der Waals surface area contributed by atoms with E-state index in [0.29, 0.717) is 11.6 Å². The van der Waals surface area contributed by atoms with Gasteiger partial charge >= 0.3 is 0 Å². The first kappa shape index (κ1) is 12.8. The molecule has 0 N–H and O–H groups in total. The summed E-state index contributed by atoms with van der Waals surface area (Å²) >= 11 is 5.82. The zero-order valence-corrected chi connectivity index (χ0v) is 11.2. The van der Waals surface area contributed by atoms with Crippen LogP contribution in [0.1, 0.15) is 11.1 Å². The van der Waals surface area contributed by atoms with Crippen LogP contribution in [-0.2, 0) is 6.61 Å². The Morgan fingerprint density at radius 1 is 1.06 bits per heavy atom. The largest absolute Gasteiger partial charge is 0.496 e. The molecular formula is C15H15ClO2. The van der Waals surface area contributed by atoms with Gasteiger partial charge in [0.15, 0.2) is 0 Å². The topological polar surface area (TPSA) is 18.5 Å². The average Bonchev–Trinajstić information content (AvgIpc) is 2.38. The van der Waals surface area contributed by atoms with Gasteiger partial charge in [-0.25, -0.2) is 0 Å². The van der Waals surface area contributed by atoms with Gasteiger partial charge in [0.2, 0.25) is 0 Å². The number of hydrogen-bond donors (Lipinski definition) is 0. The van der Waals surface area contributed by atoms with Gasteiger partial charge in [-0.15, -0.1) is 0 Å². The van der Waals surface area contributed by atoms with E-state index in [9.17, 15) is 0 Å². The van der Waals surface area contributed by atoms with Crippen LogP contribution in [0.3, 0.4) is 0 Å². The minimum absolute atomic E-state index is 0.479. The molecule has 0 amide bonds. The van der Waals surface area contributed by atoms with Crippen LogP contribution < -0.4 is 9.47 Å². The third-order valence-electron chi connectivity index (χ3n) is 2.64. The van der Waals surface area contributed by atoms with Crippen molar-refractivity contribution in [3.8, 4) is 11.5 Å². The van der Waals surface area contributed by atoms with E-state index in [-0.39, 0.29) is 0 Å². The second-order valence-electron chi connectivity index (χ2n) is 4.06. The normalized spacial score (nSPS) is 10.2. The Morgan fingerprint density at radius 3 is 2.44 bits per heavy atom. The van der Waals surface area contributed by atoms with E-state index in [2.05, 4.69) is 6.07 Å². The molecule has 3 heteroatoms. The Labute approximate surface area is 112 Å². The van der Waals surface area contributed by atoms with Crippen LogP contribution in [0.2, 0.25) is 5.02 Å². The van der Waals surface area contributed by atoms with E-state index in [0.717, 1.165) is 17.1 Å². The second-order valence-corrected chi connectivity index (χ2v) is 4.49. The maximum Gasteiger partial charge on any atom is 0.125 e. The fourth-order valence-electron chi connectivity index (χ4n) is 1.71. The fourth-order valence-corrected chi connectivity index (χ4v) is 1.84. The van der Waals surface area contributed by atoms with Crippen molar-refractivity contribution < 1.29 is 9.47 Å². The summed E-state index contributed by atoms with van der Waals surface area (Å²) in [7, 11) is 1.66. The first-order valence-electron chi connectivity index (χ1n) is 5.71. The quantitative estimate of drug-likeness (QED) is 0.821. The summed E-state index contributed by atoms with van der Waals surface area (Å²) in [6, 6.07) is 13.4. The predicted molar refractivity (Wildman–Crippen MR) is 73.5 cm³/mol. The molecule has 0 aliphatic heterocycles. The van der Waals surface area contributed by atoms with Crippen molar-refractivity contribution in [2.24, 2.45) is 0 Å². The van der Waals surface area contributed by atoms with Crippen LogP contribution in [0.25, 0.3) is 0 Å². The van der Waals surface area contributed by atoms with Crippen molar-refractivity contribution >= 4 is 11.6 Å². The number of rotatable bonds is 4. The van der Waals surface area contributed by atoms with Crippen molar-refractivity contribution in [3.05, 3.63) is 58.6 Å². The highest BCUT2D eigenvalue weighted by Gasteiger charge is 2.04. The smallest absolute Gasteiger partial charge is 0.125 e. The van der Waals surface area contributed by atoms with Gasteiger partial charge in [0.25, 0.3) is 0 Å². The lowest BCUT2D eigenvalue weighted by Gasteiger charge is -2.11. The maximum atomic E-state index is 5.82. The third kappa shape index (κ3) is 3.17. The van der Waals surface area contributed by atoms with E-state index >= 15 is 0 Å². The molecule has 0 spiro atoms. The van der Waals surface area contributed by atoms with Crippen molar-refractivity contribution in [2.75, 3.05) is 7.11 Å². The van der Waals surface area contributed by atoms with E-state index < -0.39 is 0 Å². The molecule has 0 aliphatic carbocycles. The Morgan fingerprint density at radius 2 is 1.78 bits per heavy atom. The fraction of sp³-hybridized carbons (Fsp3) is 0.200. The molecule has 18 heavy (non-hydrogen) atoms. The lowest BCUT2D eigenvalue weighted by molar-refractivity contribution is 0.296. The summed E-state index contributed by atoms with van der Waals surface area (Å²) in [5, 5.41) is 0.704. The number of methoxy groups -OCH3 is 1. The zero-order valence-electron chi connectivity index (χ0n) is 10.4. The zero-order chi connectivity index (χ0) is 13.0. The van der Waals surface area contributed by atoms with E-state index in [4.69, 9.17) is 21.1 Å². The Balaban J connectivity index is 2.09. The van der Waals surface area contributed by atoms with Gasteiger partial charge in [-0.1, -0.05) is 23.2 Å². The van der Waals surface area contributed by atoms with Gasteiger partial charge in [-0.3, -0.25) is 0 Å². The Bertz CT molecular complexity index is 521. The van der Waals surface area contributed by atoms with Crippen LogP contribution in [0.4, 0.5) is 0 Å². The molecule has 0 aliphatic rings. The van der Waals surface area contributed by atoms with Crippen LogP contribution >= 0.6 is 11.6 Å². The monoisotopic (exact) mass is 262 g/mol. The first-order valence-corrected chi connectivity index (χ1v) is 6.09. The highest BCUT2D eigenvalue weighted by molar-refractivity contribution is 6.30. The van der Waals surface area contributed by atoms with E-state index in [1.807, 2.05) is 43.3 Å². The van der Waals surface area contributed by atoms with Gasteiger partial charge in [-0.05, 0) is 43.3 Å². The van der Waals surface area contributed by atoms with Gasteiger partial charge in [-0.2, -0.15) is 0 Å². The molecule has 0 heterocycles. The SMILES string of the molecule is COc1ccc(C)cc1COc1ccc(Cl)cc1. The van der Waals surface area contributed by atoms with Crippen molar-refractivity contribution in [2.45, 2.75) is 13.5 Å². The lowest BCUT2D eigenvalue weighted by Crippen LogP contribution is -1.99.